The van der Waals surface area contributed by atoms with Crippen molar-refractivity contribution in [2.45, 2.75) is 65.1 Å². The van der Waals surface area contributed by atoms with E-state index in [1.165, 1.54) is 12.8 Å². The van der Waals surface area contributed by atoms with Crippen molar-refractivity contribution in [3.8, 4) is 0 Å². The van der Waals surface area contributed by atoms with Crippen LogP contribution in [0.1, 0.15) is 47.5 Å². The molecule has 0 aromatic rings. The van der Waals surface area contributed by atoms with Gasteiger partial charge in [0.2, 0.25) is 0 Å². The molecule has 102 valence electrons. The van der Waals surface area contributed by atoms with E-state index in [0.29, 0.717) is 12.1 Å². The van der Waals surface area contributed by atoms with Gasteiger partial charge in [0.1, 0.15) is 0 Å². The summed E-state index contributed by atoms with van der Waals surface area (Å²) in [5, 5.41) is 3.48. The average Bonchev–Trinajstić information content (AvgIpc) is 2.23. The van der Waals surface area contributed by atoms with Gasteiger partial charge in [-0.25, -0.2) is 0 Å². The van der Waals surface area contributed by atoms with Crippen molar-refractivity contribution in [1.82, 2.24) is 10.2 Å². The van der Waals surface area contributed by atoms with E-state index in [1.807, 2.05) is 0 Å². The first-order valence-electron chi connectivity index (χ1n) is 7.01. The molecule has 0 bridgehead atoms. The maximum Gasteiger partial charge on any atom is 0.0645 e. The Balaban J connectivity index is 2.28. The summed E-state index contributed by atoms with van der Waals surface area (Å²) in [6.07, 6.45) is 2.52. The van der Waals surface area contributed by atoms with Crippen LogP contribution in [-0.2, 0) is 4.74 Å². The summed E-state index contributed by atoms with van der Waals surface area (Å²) in [7, 11) is 0. The van der Waals surface area contributed by atoms with Crippen LogP contribution in [0, 0.1) is 0 Å². The van der Waals surface area contributed by atoms with E-state index in [-0.39, 0.29) is 5.54 Å². The normalized spacial score (nSPS) is 22.9. The lowest BCUT2D eigenvalue weighted by molar-refractivity contribution is -0.0701. The molecule has 1 atom stereocenters. The van der Waals surface area contributed by atoms with E-state index in [4.69, 9.17) is 4.74 Å². The van der Waals surface area contributed by atoms with Gasteiger partial charge in [-0.3, -0.25) is 4.90 Å². The maximum absolute atomic E-state index is 5.57. The molecule has 1 saturated heterocycles. The van der Waals surface area contributed by atoms with Crippen molar-refractivity contribution in [3.05, 3.63) is 0 Å². The second kappa shape index (κ2) is 6.72. The summed E-state index contributed by atoms with van der Waals surface area (Å²) in [6.45, 7) is 15.3. The third-order valence-corrected chi connectivity index (χ3v) is 3.59. The summed E-state index contributed by atoms with van der Waals surface area (Å²) in [5.41, 5.74) is 0.198. The summed E-state index contributed by atoms with van der Waals surface area (Å²) >= 11 is 0. The number of rotatable bonds is 6. The highest BCUT2D eigenvalue weighted by molar-refractivity contribution is 4.87. The van der Waals surface area contributed by atoms with Gasteiger partial charge in [0.15, 0.2) is 0 Å². The van der Waals surface area contributed by atoms with Gasteiger partial charge in [0, 0.05) is 24.2 Å². The van der Waals surface area contributed by atoms with Gasteiger partial charge in [0.05, 0.1) is 13.2 Å². The van der Waals surface area contributed by atoms with Crippen LogP contribution in [0.25, 0.3) is 0 Å². The van der Waals surface area contributed by atoms with Gasteiger partial charge in [-0.2, -0.15) is 0 Å². The Kier molecular flexibility index (Phi) is 5.90. The average molecular weight is 242 g/mol. The van der Waals surface area contributed by atoms with Crippen molar-refractivity contribution in [1.29, 1.82) is 0 Å². The second-order valence-corrected chi connectivity index (χ2v) is 6.16. The number of hydrogen-bond acceptors (Lipinski definition) is 3. The monoisotopic (exact) mass is 242 g/mol. The first-order valence-corrected chi connectivity index (χ1v) is 7.01. The minimum atomic E-state index is 0.198. The molecule has 3 nitrogen and oxygen atoms in total. The molecule has 1 heterocycles. The van der Waals surface area contributed by atoms with Crippen LogP contribution in [0.2, 0.25) is 0 Å². The molecule has 0 saturated carbocycles. The second-order valence-electron chi connectivity index (χ2n) is 6.16. The van der Waals surface area contributed by atoms with Gasteiger partial charge in [0.25, 0.3) is 0 Å². The lowest BCUT2D eigenvalue weighted by atomic mass is 9.98. The van der Waals surface area contributed by atoms with Gasteiger partial charge in [-0.05, 0) is 40.2 Å². The van der Waals surface area contributed by atoms with Crippen LogP contribution in [0.3, 0.4) is 0 Å². The minimum Gasteiger partial charge on any atom is -0.378 e. The first kappa shape index (κ1) is 14.9. The smallest absolute Gasteiger partial charge is 0.0645 e. The lowest BCUT2D eigenvalue weighted by Crippen LogP contribution is -2.56. The predicted molar refractivity (Wildman–Crippen MR) is 73.4 cm³/mol. The summed E-state index contributed by atoms with van der Waals surface area (Å²) in [5.74, 6) is 0. The van der Waals surface area contributed by atoms with Gasteiger partial charge in [-0.1, -0.05) is 13.8 Å². The minimum absolute atomic E-state index is 0.198. The van der Waals surface area contributed by atoms with Crippen LogP contribution in [0.15, 0.2) is 0 Å². The Morgan fingerprint density at radius 1 is 1.29 bits per heavy atom. The molecule has 1 fully saturated rings. The zero-order chi connectivity index (χ0) is 12.9. The number of hydrogen-bond donors (Lipinski definition) is 1. The quantitative estimate of drug-likeness (QED) is 0.723. The Labute approximate surface area is 107 Å². The lowest BCUT2D eigenvalue weighted by Gasteiger charge is -2.45. The predicted octanol–water partition coefficient (Wildman–Crippen LogP) is 2.26. The third kappa shape index (κ3) is 4.94. The molecular weight excluding hydrogens is 212 g/mol. The highest BCUT2D eigenvalue weighted by Crippen LogP contribution is 2.23. The largest absolute Gasteiger partial charge is 0.378 e. The molecular formula is C14H30N2O. The van der Waals surface area contributed by atoms with Crippen LogP contribution in [-0.4, -0.2) is 48.8 Å². The molecule has 1 N–H and O–H groups in total. The summed E-state index contributed by atoms with van der Waals surface area (Å²) < 4.78 is 5.57. The Morgan fingerprint density at radius 2 is 2.00 bits per heavy atom. The molecule has 0 spiro atoms. The molecule has 0 aromatic heterocycles. The Morgan fingerprint density at radius 3 is 2.59 bits per heavy atom. The van der Waals surface area contributed by atoms with Crippen molar-refractivity contribution >= 4 is 0 Å². The summed E-state index contributed by atoms with van der Waals surface area (Å²) in [6, 6.07) is 1.26. The third-order valence-electron chi connectivity index (χ3n) is 3.59. The number of nitrogens with zero attached hydrogens (tertiary/aromatic N) is 1. The first-order chi connectivity index (χ1) is 7.93. The number of morpholine rings is 1. The molecule has 0 aliphatic carbocycles. The van der Waals surface area contributed by atoms with Crippen LogP contribution >= 0.6 is 0 Å². The molecule has 17 heavy (non-hydrogen) atoms. The molecule has 1 rings (SSSR count). The molecule has 0 aromatic carbocycles. The van der Waals surface area contributed by atoms with E-state index in [1.54, 1.807) is 0 Å². The fourth-order valence-corrected chi connectivity index (χ4v) is 2.63. The van der Waals surface area contributed by atoms with Gasteiger partial charge in [-0.15, -0.1) is 0 Å². The van der Waals surface area contributed by atoms with E-state index in [2.05, 4.69) is 44.8 Å². The number of ether oxygens (including phenoxy) is 1. The SMILES string of the molecule is CC(C)NCCCC(C)N1CCOCC1(C)C. The van der Waals surface area contributed by atoms with Crippen LogP contribution in [0.5, 0.6) is 0 Å². The van der Waals surface area contributed by atoms with E-state index < -0.39 is 0 Å². The fraction of sp³-hybridized carbons (Fsp3) is 1.00. The Hall–Kier alpha value is -0.120. The zero-order valence-electron chi connectivity index (χ0n) is 12.3. The van der Waals surface area contributed by atoms with Crippen LogP contribution in [0.4, 0.5) is 0 Å². The molecule has 3 heteroatoms. The molecule has 1 aliphatic heterocycles. The van der Waals surface area contributed by atoms with Gasteiger partial charge < -0.3 is 10.1 Å². The van der Waals surface area contributed by atoms with E-state index >= 15 is 0 Å². The Bertz CT molecular complexity index is 216. The van der Waals surface area contributed by atoms with Crippen LogP contribution < -0.4 is 5.32 Å². The van der Waals surface area contributed by atoms with Crippen molar-refractivity contribution in [3.63, 3.8) is 0 Å². The standard InChI is InChI=1S/C14H30N2O/c1-12(2)15-8-6-7-13(3)16-9-10-17-11-14(16,4)5/h12-13,15H,6-11H2,1-5H3. The highest BCUT2D eigenvalue weighted by Gasteiger charge is 2.33. The highest BCUT2D eigenvalue weighted by atomic mass is 16.5. The van der Waals surface area contributed by atoms with Gasteiger partial charge >= 0.3 is 0 Å². The van der Waals surface area contributed by atoms with E-state index in [9.17, 15) is 0 Å². The molecule has 0 radical (unpaired) electrons. The van der Waals surface area contributed by atoms with Crippen molar-refractivity contribution in [2.24, 2.45) is 0 Å². The van der Waals surface area contributed by atoms with Crippen molar-refractivity contribution in [2.75, 3.05) is 26.3 Å². The molecule has 1 aliphatic rings. The fourth-order valence-electron chi connectivity index (χ4n) is 2.63. The topological polar surface area (TPSA) is 24.5 Å². The molecule has 0 amide bonds. The zero-order valence-corrected chi connectivity index (χ0v) is 12.3. The number of nitrogens with one attached hydrogen (secondary N) is 1. The van der Waals surface area contributed by atoms with Crippen molar-refractivity contribution < 1.29 is 4.74 Å². The maximum atomic E-state index is 5.57. The molecule has 1 unspecified atom stereocenters. The summed E-state index contributed by atoms with van der Waals surface area (Å²) in [4.78, 5) is 2.60. The van der Waals surface area contributed by atoms with E-state index in [0.717, 1.165) is 26.3 Å².